The van der Waals surface area contributed by atoms with Gasteiger partial charge in [0.2, 0.25) is 0 Å². The van der Waals surface area contributed by atoms with Gasteiger partial charge in [0.25, 0.3) is 0 Å². The van der Waals surface area contributed by atoms with E-state index in [0.717, 1.165) is 11.3 Å². The average Bonchev–Trinajstić information content (AvgIpc) is 2.20. The molecule has 0 bridgehead atoms. The number of aromatic nitrogens is 3. The molecule has 0 saturated carbocycles. The van der Waals surface area contributed by atoms with Gasteiger partial charge in [-0.05, 0) is 24.3 Å². The molecular formula is C9H6ClN3. The van der Waals surface area contributed by atoms with Gasteiger partial charge in [0.05, 0.1) is 5.69 Å². The number of nitrogens with zero attached hydrogens (tertiary/aromatic N) is 3. The fraction of sp³-hybridized carbons (Fsp3) is 0. The van der Waals surface area contributed by atoms with Gasteiger partial charge in [-0.3, -0.25) is 4.98 Å². The number of hydrogen-bond donors (Lipinski definition) is 0. The lowest BCUT2D eigenvalue weighted by molar-refractivity contribution is 1.04. The van der Waals surface area contributed by atoms with Gasteiger partial charge in [-0.1, -0.05) is 11.6 Å². The van der Waals surface area contributed by atoms with Crippen molar-refractivity contribution in [3.8, 4) is 11.3 Å². The highest BCUT2D eigenvalue weighted by molar-refractivity contribution is 6.29. The molecule has 0 aliphatic rings. The van der Waals surface area contributed by atoms with Crippen LogP contribution in [0.3, 0.4) is 0 Å². The minimum atomic E-state index is 0.401. The monoisotopic (exact) mass is 191 g/mol. The van der Waals surface area contributed by atoms with Crippen LogP contribution in [0.2, 0.25) is 5.15 Å². The van der Waals surface area contributed by atoms with Crippen LogP contribution < -0.4 is 0 Å². The molecule has 2 aromatic rings. The molecule has 0 N–H and O–H groups in total. The maximum Gasteiger partial charge on any atom is 0.151 e. The molecule has 2 aromatic heterocycles. The molecule has 64 valence electrons. The van der Waals surface area contributed by atoms with Gasteiger partial charge < -0.3 is 0 Å². The zero-order valence-electron chi connectivity index (χ0n) is 6.68. The Morgan fingerprint density at radius 1 is 0.923 bits per heavy atom. The largest absolute Gasteiger partial charge is 0.265 e. The van der Waals surface area contributed by atoms with Crippen molar-refractivity contribution in [2.75, 3.05) is 0 Å². The van der Waals surface area contributed by atoms with E-state index in [-0.39, 0.29) is 0 Å². The van der Waals surface area contributed by atoms with Gasteiger partial charge in [0, 0.05) is 18.0 Å². The van der Waals surface area contributed by atoms with Crippen molar-refractivity contribution in [3.05, 3.63) is 41.8 Å². The van der Waals surface area contributed by atoms with Gasteiger partial charge in [0.15, 0.2) is 5.15 Å². The molecule has 0 amide bonds. The third-order valence-electron chi connectivity index (χ3n) is 1.61. The molecule has 0 unspecified atom stereocenters. The quantitative estimate of drug-likeness (QED) is 0.694. The summed E-state index contributed by atoms with van der Waals surface area (Å²) in [6.45, 7) is 0. The van der Waals surface area contributed by atoms with Crippen LogP contribution in [0.5, 0.6) is 0 Å². The average molecular weight is 192 g/mol. The highest BCUT2D eigenvalue weighted by atomic mass is 35.5. The SMILES string of the molecule is Clc1ccc(-c2ccncc2)nn1. The molecule has 2 heterocycles. The highest BCUT2D eigenvalue weighted by Gasteiger charge is 1.97. The van der Waals surface area contributed by atoms with Crippen LogP contribution in [-0.4, -0.2) is 15.2 Å². The van der Waals surface area contributed by atoms with Crippen LogP contribution in [0.1, 0.15) is 0 Å². The van der Waals surface area contributed by atoms with E-state index in [4.69, 9.17) is 11.6 Å². The zero-order chi connectivity index (χ0) is 9.10. The summed E-state index contributed by atoms with van der Waals surface area (Å²) in [7, 11) is 0. The van der Waals surface area contributed by atoms with E-state index in [0.29, 0.717) is 5.15 Å². The Labute approximate surface area is 80.4 Å². The second-order valence-electron chi connectivity index (χ2n) is 2.48. The van der Waals surface area contributed by atoms with Crippen molar-refractivity contribution < 1.29 is 0 Å². The van der Waals surface area contributed by atoms with Crippen molar-refractivity contribution in [2.24, 2.45) is 0 Å². The molecule has 0 aliphatic carbocycles. The Morgan fingerprint density at radius 3 is 2.31 bits per heavy atom. The summed E-state index contributed by atoms with van der Waals surface area (Å²) < 4.78 is 0. The summed E-state index contributed by atoms with van der Waals surface area (Å²) in [6, 6.07) is 7.28. The Bertz CT molecular complexity index is 385. The summed E-state index contributed by atoms with van der Waals surface area (Å²) >= 11 is 5.61. The molecule has 13 heavy (non-hydrogen) atoms. The van der Waals surface area contributed by atoms with Gasteiger partial charge >= 0.3 is 0 Å². The van der Waals surface area contributed by atoms with Crippen LogP contribution in [0.15, 0.2) is 36.7 Å². The van der Waals surface area contributed by atoms with Crippen LogP contribution in [0.4, 0.5) is 0 Å². The number of pyridine rings is 1. The molecule has 0 fully saturated rings. The minimum Gasteiger partial charge on any atom is -0.265 e. The van der Waals surface area contributed by atoms with E-state index < -0.39 is 0 Å². The Kier molecular flexibility index (Phi) is 2.19. The number of rotatable bonds is 1. The van der Waals surface area contributed by atoms with Crippen molar-refractivity contribution in [2.45, 2.75) is 0 Å². The Balaban J connectivity index is 2.42. The van der Waals surface area contributed by atoms with E-state index in [1.54, 1.807) is 18.5 Å². The highest BCUT2D eigenvalue weighted by Crippen LogP contribution is 2.15. The standard InChI is InChI=1S/C9H6ClN3/c10-9-2-1-8(12-13-9)7-3-5-11-6-4-7/h1-6H. The predicted molar refractivity (Wildman–Crippen MR) is 50.3 cm³/mol. The molecule has 0 aliphatic heterocycles. The van der Waals surface area contributed by atoms with Gasteiger partial charge in [0.1, 0.15) is 0 Å². The molecule has 0 radical (unpaired) electrons. The Morgan fingerprint density at radius 2 is 1.69 bits per heavy atom. The summed E-state index contributed by atoms with van der Waals surface area (Å²) in [5.41, 5.74) is 1.78. The first-order chi connectivity index (χ1) is 6.36. The molecule has 0 spiro atoms. The van der Waals surface area contributed by atoms with E-state index >= 15 is 0 Å². The zero-order valence-corrected chi connectivity index (χ0v) is 7.44. The second-order valence-corrected chi connectivity index (χ2v) is 2.86. The third-order valence-corrected chi connectivity index (χ3v) is 1.81. The van der Waals surface area contributed by atoms with Crippen molar-refractivity contribution in [3.63, 3.8) is 0 Å². The molecular weight excluding hydrogens is 186 g/mol. The first-order valence-electron chi connectivity index (χ1n) is 3.76. The lowest BCUT2D eigenvalue weighted by Gasteiger charge is -1.97. The lowest BCUT2D eigenvalue weighted by atomic mass is 10.2. The van der Waals surface area contributed by atoms with Gasteiger partial charge in [-0.25, -0.2) is 0 Å². The minimum absolute atomic E-state index is 0.401. The molecule has 2 rings (SSSR count). The number of hydrogen-bond acceptors (Lipinski definition) is 3. The van der Waals surface area contributed by atoms with Crippen LogP contribution >= 0.6 is 11.6 Å². The first-order valence-corrected chi connectivity index (χ1v) is 4.14. The van der Waals surface area contributed by atoms with Crippen molar-refractivity contribution in [1.82, 2.24) is 15.2 Å². The maximum atomic E-state index is 5.61. The van der Waals surface area contributed by atoms with E-state index in [1.165, 1.54) is 0 Å². The summed E-state index contributed by atoms with van der Waals surface area (Å²) in [4.78, 5) is 3.91. The summed E-state index contributed by atoms with van der Waals surface area (Å²) in [6.07, 6.45) is 3.43. The van der Waals surface area contributed by atoms with Crippen LogP contribution in [-0.2, 0) is 0 Å². The molecule has 0 aromatic carbocycles. The van der Waals surface area contributed by atoms with Gasteiger partial charge in [-0.2, -0.15) is 0 Å². The first kappa shape index (κ1) is 8.13. The molecule has 0 saturated heterocycles. The van der Waals surface area contributed by atoms with E-state index in [1.807, 2.05) is 18.2 Å². The van der Waals surface area contributed by atoms with Crippen molar-refractivity contribution in [1.29, 1.82) is 0 Å². The van der Waals surface area contributed by atoms with Crippen LogP contribution in [0.25, 0.3) is 11.3 Å². The fourth-order valence-electron chi connectivity index (χ4n) is 0.993. The summed E-state index contributed by atoms with van der Waals surface area (Å²) in [5.74, 6) is 0. The topological polar surface area (TPSA) is 38.7 Å². The van der Waals surface area contributed by atoms with Crippen LogP contribution in [0, 0.1) is 0 Å². The second kappa shape index (κ2) is 3.49. The van der Waals surface area contributed by atoms with Crippen molar-refractivity contribution >= 4 is 11.6 Å². The maximum absolute atomic E-state index is 5.61. The molecule has 3 nitrogen and oxygen atoms in total. The number of halogens is 1. The molecule has 4 heteroatoms. The van der Waals surface area contributed by atoms with Gasteiger partial charge in [-0.15, -0.1) is 10.2 Å². The third kappa shape index (κ3) is 1.81. The Hall–Kier alpha value is -1.48. The predicted octanol–water partition coefficient (Wildman–Crippen LogP) is 2.19. The normalized spacial score (nSPS) is 9.92. The smallest absolute Gasteiger partial charge is 0.151 e. The molecule has 0 atom stereocenters. The summed E-state index contributed by atoms with van der Waals surface area (Å²) in [5, 5.41) is 8.09. The fourth-order valence-corrected chi connectivity index (χ4v) is 1.09. The lowest BCUT2D eigenvalue weighted by Crippen LogP contribution is -1.86. The van der Waals surface area contributed by atoms with E-state index in [2.05, 4.69) is 15.2 Å². The van der Waals surface area contributed by atoms with E-state index in [9.17, 15) is 0 Å².